The zero-order chi connectivity index (χ0) is 29.1. The zero-order valence-electron chi connectivity index (χ0n) is 23.3. The molecule has 0 heterocycles. The van der Waals surface area contributed by atoms with Crippen LogP contribution in [0.1, 0.15) is 37.8 Å². The number of benzene rings is 3. The Balaban J connectivity index is 1.81. The highest BCUT2D eigenvalue weighted by molar-refractivity contribution is 9.10. The SMILES string of the molecule is CC(C)CNC(=O)C(Cc1ccccc1)N(Cc1ccc(Br)cc1)C(=O)CCCN(C)S(=O)(=O)c1ccccc1. The molecule has 3 aromatic rings. The molecule has 0 aliphatic heterocycles. The number of hydrogen-bond acceptors (Lipinski definition) is 4. The molecule has 7 nitrogen and oxygen atoms in total. The Kier molecular flexibility index (Phi) is 11.9. The van der Waals surface area contributed by atoms with Crippen molar-refractivity contribution in [3.05, 3.63) is 101 Å². The minimum absolute atomic E-state index is 0.105. The highest BCUT2D eigenvalue weighted by Crippen LogP contribution is 2.19. The Morgan fingerprint density at radius 1 is 0.875 bits per heavy atom. The molecule has 1 N–H and O–H groups in total. The first-order valence-corrected chi connectivity index (χ1v) is 15.7. The second-order valence-electron chi connectivity index (χ2n) is 10.2. The van der Waals surface area contributed by atoms with Crippen LogP contribution >= 0.6 is 15.9 Å². The number of carbonyl (C=O) groups excluding carboxylic acids is 2. The molecule has 0 aliphatic rings. The smallest absolute Gasteiger partial charge is 0.243 e. The first-order valence-electron chi connectivity index (χ1n) is 13.4. The Morgan fingerprint density at radius 3 is 2.08 bits per heavy atom. The number of halogens is 1. The Bertz CT molecular complexity index is 1330. The summed E-state index contributed by atoms with van der Waals surface area (Å²) in [6.45, 7) is 5.00. The molecule has 0 bridgehead atoms. The van der Waals surface area contributed by atoms with Crippen LogP contribution in [0.4, 0.5) is 0 Å². The van der Waals surface area contributed by atoms with Gasteiger partial charge in [0.05, 0.1) is 4.90 Å². The summed E-state index contributed by atoms with van der Waals surface area (Å²) in [7, 11) is -2.14. The molecular weight excluding hydrogens is 590 g/mol. The van der Waals surface area contributed by atoms with E-state index in [1.54, 1.807) is 35.2 Å². The molecule has 40 heavy (non-hydrogen) atoms. The molecular formula is C31H38BrN3O4S. The summed E-state index contributed by atoms with van der Waals surface area (Å²) in [5.74, 6) is -0.139. The van der Waals surface area contributed by atoms with Crippen molar-refractivity contribution in [3.8, 4) is 0 Å². The fourth-order valence-corrected chi connectivity index (χ4v) is 5.75. The normalized spacial score (nSPS) is 12.3. The summed E-state index contributed by atoms with van der Waals surface area (Å²) >= 11 is 3.45. The van der Waals surface area contributed by atoms with E-state index in [9.17, 15) is 18.0 Å². The lowest BCUT2D eigenvalue weighted by Crippen LogP contribution is -2.51. The van der Waals surface area contributed by atoms with Crippen molar-refractivity contribution in [2.24, 2.45) is 5.92 Å². The van der Waals surface area contributed by atoms with Gasteiger partial charge in [-0.1, -0.05) is 90.4 Å². The molecule has 3 aromatic carbocycles. The van der Waals surface area contributed by atoms with E-state index in [1.807, 2.05) is 68.4 Å². The van der Waals surface area contributed by atoms with E-state index in [2.05, 4.69) is 21.2 Å². The quantitative estimate of drug-likeness (QED) is 0.264. The summed E-state index contributed by atoms with van der Waals surface area (Å²) < 4.78 is 28.0. The van der Waals surface area contributed by atoms with Gasteiger partial charge in [0.15, 0.2) is 0 Å². The first kappa shape index (κ1) is 31.5. The van der Waals surface area contributed by atoms with Crippen molar-refractivity contribution in [2.45, 2.75) is 50.6 Å². The third-order valence-corrected chi connectivity index (χ3v) is 8.94. The Hall–Kier alpha value is -3.01. The van der Waals surface area contributed by atoms with Gasteiger partial charge in [-0.3, -0.25) is 9.59 Å². The lowest BCUT2D eigenvalue weighted by molar-refractivity contribution is -0.141. The molecule has 214 valence electrons. The average molecular weight is 629 g/mol. The van der Waals surface area contributed by atoms with Crippen molar-refractivity contribution in [1.29, 1.82) is 0 Å². The van der Waals surface area contributed by atoms with Crippen LogP contribution in [0, 0.1) is 5.92 Å². The molecule has 0 saturated carbocycles. The van der Waals surface area contributed by atoms with E-state index in [1.165, 1.54) is 11.4 Å². The van der Waals surface area contributed by atoms with Gasteiger partial charge in [0.2, 0.25) is 21.8 Å². The number of hydrogen-bond donors (Lipinski definition) is 1. The molecule has 0 aromatic heterocycles. The minimum atomic E-state index is -3.66. The monoisotopic (exact) mass is 627 g/mol. The maximum atomic E-state index is 13.8. The van der Waals surface area contributed by atoms with Crippen LogP contribution in [0.2, 0.25) is 0 Å². The minimum Gasteiger partial charge on any atom is -0.354 e. The molecule has 9 heteroatoms. The van der Waals surface area contributed by atoms with Gasteiger partial charge in [-0.15, -0.1) is 0 Å². The van der Waals surface area contributed by atoms with Gasteiger partial charge in [-0.2, -0.15) is 0 Å². The number of rotatable bonds is 14. The lowest BCUT2D eigenvalue weighted by atomic mass is 10.0. The molecule has 1 atom stereocenters. The highest BCUT2D eigenvalue weighted by atomic mass is 79.9. The molecule has 0 fully saturated rings. The van der Waals surface area contributed by atoms with Crippen LogP contribution in [0.15, 0.2) is 94.3 Å². The first-order chi connectivity index (χ1) is 19.1. The van der Waals surface area contributed by atoms with Crippen LogP contribution in [-0.4, -0.2) is 55.6 Å². The van der Waals surface area contributed by atoms with Crippen LogP contribution in [-0.2, 0) is 32.6 Å². The largest absolute Gasteiger partial charge is 0.354 e. The molecule has 1 unspecified atom stereocenters. The highest BCUT2D eigenvalue weighted by Gasteiger charge is 2.30. The van der Waals surface area contributed by atoms with Crippen molar-refractivity contribution in [2.75, 3.05) is 20.1 Å². The number of nitrogens with one attached hydrogen (secondary N) is 1. The van der Waals surface area contributed by atoms with Gasteiger partial charge >= 0.3 is 0 Å². The topological polar surface area (TPSA) is 86.8 Å². The van der Waals surface area contributed by atoms with Crippen molar-refractivity contribution < 1.29 is 18.0 Å². The molecule has 0 radical (unpaired) electrons. The Labute approximate surface area is 246 Å². The molecule has 0 spiro atoms. The maximum Gasteiger partial charge on any atom is 0.243 e. The van der Waals surface area contributed by atoms with E-state index in [0.717, 1.165) is 15.6 Å². The van der Waals surface area contributed by atoms with Crippen molar-refractivity contribution in [3.63, 3.8) is 0 Å². The van der Waals surface area contributed by atoms with Crippen LogP contribution in [0.3, 0.4) is 0 Å². The summed E-state index contributed by atoms with van der Waals surface area (Å²) in [5, 5.41) is 3.02. The average Bonchev–Trinajstić information content (AvgIpc) is 2.95. The standard InChI is InChI=1S/C31H38BrN3O4S/c1-24(2)22-33-31(37)29(21-25-11-6-4-7-12-25)35(23-26-16-18-27(32)19-17-26)30(36)15-10-20-34(3)40(38,39)28-13-8-5-9-14-28/h4-9,11-14,16-19,24,29H,10,15,20-23H2,1-3H3,(H,33,37). The van der Waals surface area contributed by atoms with Gasteiger partial charge in [0, 0.05) is 44.0 Å². The van der Waals surface area contributed by atoms with E-state index in [-0.39, 0.29) is 42.1 Å². The number of carbonyl (C=O) groups is 2. The summed E-state index contributed by atoms with van der Waals surface area (Å²) in [6.07, 6.45) is 0.799. The third kappa shape index (κ3) is 9.28. The second-order valence-corrected chi connectivity index (χ2v) is 13.2. The van der Waals surface area contributed by atoms with E-state index in [0.29, 0.717) is 19.4 Å². The van der Waals surface area contributed by atoms with Crippen molar-refractivity contribution >= 4 is 37.8 Å². The van der Waals surface area contributed by atoms with Gasteiger partial charge in [0.25, 0.3) is 0 Å². The fourth-order valence-electron chi connectivity index (χ4n) is 4.25. The lowest BCUT2D eigenvalue weighted by Gasteiger charge is -2.32. The van der Waals surface area contributed by atoms with Gasteiger partial charge < -0.3 is 10.2 Å². The van der Waals surface area contributed by atoms with E-state index in [4.69, 9.17) is 0 Å². The molecule has 0 aliphatic carbocycles. The van der Waals surface area contributed by atoms with Gasteiger partial charge in [0.1, 0.15) is 6.04 Å². The van der Waals surface area contributed by atoms with Crippen LogP contribution < -0.4 is 5.32 Å². The van der Waals surface area contributed by atoms with Crippen molar-refractivity contribution in [1.82, 2.24) is 14.5 Å². The van der Waals surface area contributed by atoms with Gasteiger partial charge in [-0.25, -0.2) is 12.7 Å². The summed E-state index contributed by atoms with van der Waals surface area (Å²) in [4.78, 5) is 29.1. The third-order valence-electron chi connectivity index (χ3n) is 6.54. The number of sulfonamides is 1. The summed E-state index contributed by atoms with van der Waals surface area (Å²) in [5.41, 5.74) is 1.85. The van der Waals surface area contributed by atoms with Crippen LogP contribution in [0.5, 0.6) is 0 Å². The predicted octanol–water partition coefficient (Wildman–Crippen LogP) is 5.26. The molecule has 2 amide bonds. The number of amides is 2. The molecule has 3 rings (SSSR count). The maximum absolute atomic E-state index is 13.8. The second kappa shape index (κ2) is 15.1. The molecule has 0 saturated heterocycles. The van der Waals surface area contributed by atoms with Crippen LogP contribution in [0.25, 0.3) is 0 Å². The van der Waals surface area contributed by atoms with Gasteiger partial charge in [-0.05, 0) is 47.7 Å². The fraction of sp³-hybridized carbons (Fsp3) is 0.355. The van der Waals surface area contributed by atoms with E-state index < -0.39 is 16.1 Å². The Morgan fingerprint density at radius 2 is 1.48 bits per heavy atom. The van der Waals surface area contributed by atoms with E-state index >= 15 is 0 Å². The summed E-state index contributed by atoms with van der Waals surface area (Å²) in [6, 6.07) is 24.9. The predicted molar refractivity (Wildman–Crippen MR) is 162 cm³/mol. The zero-order valence-corrected chi connectivity index (χ0v) is 25.7. The number of nitrogens with zero attached hydrogens (tertiary/aromatic N) is 2.